The van der Waals surface area contributed by atoms with Crippen molar-refractivity contribution in [2.24, 2.45) is 12.5 Å². The Morgan fingerprint density at radius 1 is 0.981 bits per heavy atom. The molecule has 1 atom stereocenters. The van der Waals surface area contributed by atoms with Gasteiger partial charge in [0.15, 0.2) is 0 Å². The maximum absolute atomic E-state index is 15.3. The Labute approximate surface area is 297 Å². The van der Waals surface area contributed by atoms with Crippen LogP contribution in [0.25, 0.3) is 5.82 Å². The minimum Gasteiger partial charge on any atom is -0.464 e. The molecule has 0 saturated carbocycles. The molecule has 2 aromatic carbocycles. The van der Waals surface area contributed by atoms with E-state index in [-0.39, 0.29) is 29.6 Å². The Bertz CT molecular complexity index is 2230. The fourth-order valence-electron chi connectivity index (χ4n) is 4.62. The van der Waals surface area contributed by atoms with Crippen molar-refractivity contribution >= 4 is 39.2 Å². The zero-order valence-corrected chi connectivity index (χ0v) is 30.1. The van der Waals surface area contributed by atoms with Gasteiger partial charge in [-0.3, -0.25) is 19.1 Å². The Kier molecular flexibility index (Phi) is 11.8. The normalized spacial score (nSPS) is 12.2. The predicted molar refractivity (Wildman–Crippen MR) is 188 cm³/mol. The highest BCUT2D eigenvalue weighted by Crippen LogP contribution is 2.25. The van der Waals surface area contributed by atoms with E-state index in [1.807, 2.05) is 4.72 Å². The van der Waals surface area contributed by atoms with Crippen molar-refractivity contribution in [1.29, 1.82) is 0 Å². The summed E-state index contributed by atoms with van der Waals surface area (Å²) in [5.74, 6) is -4.95. The summed E-state index contributed by atoms with van der Waals surface area (Å²) >= 11 is 0. The zero-order valence-electron chi connectivity index (χ0n) is 29.2. The summed E-state index contributed by atoms with van der Waals surface area (Å²) in [5, 5.41) is 4.98. The summed E-state index contributed by atoms with van der Waals surface area (Å²) in [5.41, 5.74) is -2.39. The second-order valence-corrected chi connectivity index (χ2v) is 14.6. The highest BCUT2D eigenvalue weighted by atomic mass is 32.2. The molecule has 3 N–H and O–H groups in total. The van der Waals surface area contributed by atoms with Gasteiger partial charge in [0.25, 0.3) is 21.5 Å². The number of rotatable bonds is 12. The predicted octanol–water partition coefficient (Wildman–Crippen LogP) is 3.60. The van der Waals surface area contributed by atoms with Gasteiger partial charge in [0.1, 0.15) is 23.5 Å². The summed E-state index contributed by atoms with van der Waals surface area (Å²) in [7, 11) is -2.94. The number of hydrogen-bond donors (Lipinski definition) is 3. The van der Waals surface area contributed by atoms with Crippen molar-refractivity contribution in [3.8, 4) is 5.82 Å². The van der Waals surface area contributed by atoms with Crippen LogP contribution in [0, 0.1) is 24.0 Å². The van der Waals surface area contributed by atoms with Gasteiger partial charge in [0.2, 0.25) is 5.91 Å². The van der Waals surface area contributed by atoms with Crippen LogP contribution in [0.3, 0.4) is 0 Å². The van der Waals surface area contributed by atoms with Crippen LogP contribution >= 0.6 is 0 Å². The quantitative estimate of drug-likeness (QED) is 0.183. The molecule has 17 heteroatoms. The van der Waals surface area contributed by atoms with Gasteiger partial charge < -0.3 is 19.9 Å². The minimum absolute atomic E-state index is 0.00807. The Hall–Kier alpha value is -5.71. The summed E-state index contributed by atoms with van der Waals surface area (Å²) in [4.78, 5) is 67.3. The number of ether oxygens (including phenoxy) is 1. The largest absolute Gasteiger partial charge is 0.464 e. The molecule has 276 valence electrons. The lowest BCUT2D eigenvalue weighted by Gasteiger charge is -2.19. The first-order valence-electron chi connectivity index (χ1n) is 16.0. The molecule has 0 radical (unpaired) electrons. The molecule has 0 aliphatic heterocycles. The molecule has 14 nitrogen and oxygen atoms in total. The average Bonchev–Trinajstić information content (AvgIpc) is 3.07. The number of aryl methyl sites for hydroxylation is 1. The standard InChI is InChI=1S/C35H38F2N6O8S/c1-7-14-51-32(46)28(16-21-8-13-29(38-19-21)43-30(44)15-20(2)42(6)34(43)48)40-31(45)24-17-26(37)27(18-25(24)36)41-52(49,50)23-11-9-22(10-12-23)39-33(47)35(3,4)5/h8-13,15,17-19,28,41H,7,14,16H2,1-6H3,(H,39,47)(H,40,45)/t28-/m0/s1. The highest BCUT2D eigenvalue weighted by Gasteiger charge is 2.27. The number of pyridine rings is 1. The van der Waals surface area contributed by atoms with Crippen molar-refractivity contribution < 1.29 is 36.3 Å². The number of nitrogens with zero attached hydrogens (tertiary/aromatic N) is 3. The molecule has 2 heterocycles. The van der Waals surface area contributed by atoms with Crippen LogP contribution in [-0.4, -0.2) is 53.0 Å². The molecule has 0 fully saturated rings. The van der Waals surface area contributed by atoms with Crippen LogP contribution in [0.2, 0.25) is 0 Å². The van der Waals surface area contributed by atoms with E-state index in [0.717, 1.165) is 4.57 Å². The first-order valence-corrected chi connectivity index (χ1v) is 17.5. The van der Waals surface area contributed by atoms with E-state index in [9.17, 15) is 32.4 Å². The molecule has 0 aliphatic rings. The third kappa shape index (κ3) is 9.14. The van der Waals surface area contributed by atoms with Crippen molar-refractivity contribution in [3.05, 3.63) is 110 Å². The summed E-state index contributed by atoms with van der Waals surface area (Å²) in [6, 6.07) is 8.69. The number of sulfonamides is 1. The number of aromatic nitrogens is 3. The molecule has 0 bridgehead atoms. The van der Waals surface area contributed by atoms with Gasteiger partial charge in [-0.25, -0.2) is 36.3 Å². The second kappa shape index (κ2) is 15.7. The number of anilines is 2. The molecule has 2 aromatic heterocycles. The molecule has 52 heavy (non-hydrogen) atoms. The zero-order chi connectivity index (χ0) is 38.5. The van der Waals surface area contributed by atoms with Crippen molar-refractivity contribution in [1.82, 2.24) is 19.4 Å². The fourth-order valence-corrected chi connectivity index (χ4v) is 5.68. The van der Waals surface area contributed by atoms with E-state index in [0.29, 0.717) is 35.5 Å². The fraction of sp³-hybridized carbons (Fsp3) is 0.314. The van der Waals surface area contributed by atoms with Gasteiger partial charge in [-0.2, -0.15) is 0 Å². The molecule has 0 unspecified atom stereocenters. The van der Waals surface area contributed by atoms with Crippen LogP contribution in [0.4, 0.5) is 20.2 Å². The molecular formula is C35H38F2N6O8S. The highest BCUT2D eigenvalue weighted by molar-refractivity contribution is 7.92. The molecular weight excluding hydrogens is 702 g/mol. The number of esters is 1. The van der Waals surface area contributed by atoms with Crippen LogP contribution in [0.5, 0.6) is 0 Å². The Morgan fingerprint density at radius 2 is 1.65 bits per heavy atom. The van der Waals surface area contributed by atoms with E-state index in [1.54, 1.807) is 34.6 Å². The van der Waals surface area contributed by atoms with Crippen LogP contribution in [0.15, 0.2) is 75.3 Å². The molecule has 0 spiro atoms. The first-order chi connectivity index (χ1) is 24.3. The number of hydrogen-bond acceptors (Lipinski definition) is 9. The molecule has 0 saturated heterocycles. The van der Waals surface area contributed by atoms with E-state index in [1.165, 1.54) is 60.3 Å². The number of carbonyl (C=O) groups is 3. The van der Waals surface area contributed by atoms with Crippen molar-refractivity contribution in [2.75, 3.05) is 16.6 Å². The van der Waals surface area contributed by atoms with Crippen LogP contribution in [0.1, 0.15) is 55.7 Å². The lowest BCUT2D eigenvalue weighted by Crippen LogP contribution is -2.44. The SMILES string of the molecule is CCCOC(=O)[C@H](Cc1ccc(-n2c(=O)cc(C)n(C)c2=O)nc1)NC(=O)c1cc(F)c(NS(=O)(=O)c2ccc(NC(=O)C(C)(C)C)cc2)cc1F. The van der Waals surface area contributed by atoms with E-state index < -0.39 is 67.5 Å². The summed E-state index contributed by atoms with van der Waals surface area (Å²) in [6.45, 7) is 8.47. The lowest BCUT2D eigenvalue weighted by molar-refractivity contribution is -0.146. The lowest BCUT2D eigenvalue weighted by atomic mass is 9.95. The van der Waals surface area contributed by atoms with Gasteiger partial charge in [0.05, 0.1) is 22.8 Å². The number of benzene rings is 2. The second-order valence-electron chi connectivity index (χ2n) is 12.9. The third-order valence-electron chi connectivity index (χ3n) is 7.73. The molecule has 4 rings (SSSR count). The maximum atomic E-state index is 15.3. The summed E-state index contributed by atoms with van der Waals surface area (Å²) in [6.07, 6.45) is 1.52. The smallest absolute Gasteiger partial charge is 0.336 e. The number of halogens is 2. The monoisotopic (exact) mass is 740 g/mol. The molecule has 0 aliphatic carbocycles. The van der Waals surface area contributed by atoms with Gasteiger partial charge in [-0.05, 0) is 55.3 Å². The Balaban J connectivity index is 1.52. The number of carbonyl (C=O) groups excluding carboxylic acids is 3. The number of nitrogens with one attached hydrogen (secondary N) is 3. The van der Waals surface area contributed by atoms with Gasteiger partial charge >= 0.3 is 11.7 Å². The minimum atomic E-state index is -4.44. The van der Waals surface area contributed by atoms with Gasteiger partial charge in [-0.1, -0.05) is 33.8 Å². The molecule has 4 aromatic rings. The molecule has 2 amide bonds. The van der Waals surface area contributed by atoms with Crippen LogP contribution in [-0.2, 0) is 37.8 Å². The van der Waals surface area contributed by atoms with Crippen molar-refractivity contribution in [3.63, 3.8) is 0 Å². The average molecular weight is 741 g/mol. The van der Waals surface area contributed by atoms with Gasteiger partial charge in [0, 0.05) is 48.6 Å². The van der Waals surface area contributed by atoms with E-state index >= 15 is 8.78 Å². The summed E-state index contributed by atoms with van der Waals surface area (Å²) < 4.78 is 65.6. The third-order valence-corrected chi connectivity index (χ3v) is 9.11. The topological polar surface area (TPSA) is 188 Å². The number of amides is 2. The van der Waals surface area contributed by atoms with Crippen LogP contribution < -0.4 is 26.6 Å². The Morgan fingerprint density at radius 3 is 2.25 bits per heavy atom. The first kappa shape index (κ1) is 39.1. The van der Waals surface area contributed by atoms with E-state index in [4.69, 9.17) is 4.74 Å². The maximum Gasteiger partial charge on any atom is 0.336 e. The van der Waals surface area contributed by atoms with E-state index in [2.05, 4.69) is 15.6 Å². The van der Waals surface area contributed by atoms with Gasteiger partial charge in [-0.15, -0.1) is 0 Å². The van der Waals surface area contributed by atoms with Crippen molar-refractivity contribution in [2.45, 2.75) is 58.4 Å².